The fourth-order valence-electron chi connectivity index (χ4n) is 17.9. The van der Waals surface area contributed by atoms with Crippen LogP contribution in [0.2, 0.25) is 0 Å². The summed E-state index contributed by atoms with van der Waals surface area (Å²) in [4.78, 5) is 2.38. The van der Waals surface area contributed by atoms with Gasteiger partial charge in [-0.05, 0) is 246 Å². The molecule has 4 aromatic heterocycles. The normalized spacial score (nSPS) is 11.5. The smallest absolute Gasteiger partial charge is 0.0547 e. The molecule has 24 rings (SSSR count). The van der Waals surface area contributed by atoms with E-state index in [0.29, 0.717) is 0 Å². The van der Waals surface area contributed by atoms with Crippen molar-refractivity contribution in [1.82, 2.24) is 9.13 Å². The van der Waals surface area contributed by atoms with Crippen molar-refractivity contribution < 1.29 is 0 Å². The summed E-state index contributed by atoms with van der Waals surface area (Å²) < 4.78 is 11.2. The van der Waals surface area contributed by atoms with Gasteiger partial charge in [0.1, 0.15) is 0 Å². The predicted molar refractivity (Wildman–Crippen MR) is 534 cm³/mol. The van der Waals surface area contributed by atoms with Crippen LogP contribution in [0.5, 0.6) is 0 Å². The molecule has 0 atom stereocenters. The molecular formula is C116H77BrN4S2. The molecule has 1 N–H and O–H groups in total. The number of aromatic nitrogens is 2. The zero-order valence-corrected chi connectivity index (χ0v) is 70.1. The van der Waals surface area contributed by atoms with E-state index in [4.69, 9.17) is 0 Å². The summed E-state index contributed by atoms with van der Waals surface area (Å²) in [5.74, 6) is 0. The van der Waals surface area contributed by atoms with Crippen LogP contribution >= 0.6 is 38.6 Å². The van der Waals surface area contributed by atoms with E-state index in [1.165, 1.54) is 178 Å². The first-order valence-electron chi connectivity index (χ1n) is 41.7. The Morgan fingerprint density at radius 2 is 0.537 bits per heavy atom. The summed E-state index contributed by atoms with van der Waals surface area (Å²) >= 11 is 7.25. The molecule has 0 fully saturated rings. The lowest BCUT2D eigenvalue weighted by atomic mass is 9.97. The number of nitrogens with zero attached hydrogens (tertiary/aromatic N) is 3. The molecule has 0 aliphatic carbocycles. The number of fused-ring (bicyclic) bond motifs is 16. The Balaban J connectivity index is 0.000000122. The van der Waals surface area contributed by atoms with Gasteiger partial charge in [0, 0.05) is 106 Å². The number of nitrogens with one attached hydrogen (secondary N) is 1. The zero-order valence-electron chi connectivity index (χ0n) is 66.9. The van der Waals surface area contributed by atoms with Crippen LogP contribution in [0.15, 0.2) is 466 Å². The van der Waals surface area contributed by atoms with Crippen molar-refractivity contribution in [3.8, 4) is 78.1 Å². The van der Waals surface area contributed by atoms with Gasteiger partial charge < -0.3 is 19.4 Å². The van der Waals surface area contributed by atoms with Crippen LogP contribution in [-0.2, 0) is 0 Å². The van der Waals surface area contributed by atoms with E-state index < -0.39 is 0 Å². The number of benzene rings is 20. The van der Waals surface area contributed by atoms with E-state index in [1.807, 2.05) is 28.7 Å². The minimum Gasteiger partial charge on any atom is -0.356 e. The monoisotopic (exact) mass is 1670 g/mol. The Bertz CT molecular complexity index is 8060. The lowest BCUT2D eigenvalue weighted by molar-refractivity contribution is 1.18. The predicted octanol–water partition coefficient (Wildman–Crippen LogP) is 34.3. The van der Waals surface area contributed by atoms with Crippen LogP contribution in [0.1, 0.15) is 0 Å². The second-order valence-corrected chi connectivity index (χ2v) is 34.4. The molecule has 123 heavy (non-hydrogen) atoms. The summed E-state index contributed by atoms with van der Waals surface area (Å²) in [5.41, 5.74) is 27.3. The molecule has 20 aromatic carbocycles. The summed E-state index contributed by atoms with van der Waals surface area (Å²) in [5, 5.41) is 19.0. The maximum absolute atomic E-state index is 3.55. The third-order valence-electron chi connectivity index (χ3n) is 23.9. The molecule has 0 aliphatic heterocycles. The van der Waals surface area contributed by atoms with E-state index in [9.17, 15) is 0 Å². The van der Waals surface area contributed by atoms with Crippen molar-refractivity contribution in [3.05, 3.63) is 466 Å². The number of halogens is 1. The third-order valence-corrected chi connectivity index (χ3v) is 26.7. The highest BCUT2D eigenvalue weighted by molar-refractivity contribution is 9.10. The van der Waals surface area contributed by atoms with Crippen molar-refractivity contribution >= 4 is 173 Å². The molecule has 0 bridgehead atoms. The molecule has 24 aromatic rings. The lowest BCUT2D eigenvalue weighted by Gasteiger charge is -2.26. The summed E-state index contributed by atoms with van der Waals surface area (Å²) in [6, 6.07) is 166. The highest BCUT2D eigenvalue weighted by Gasteiger charge is 2.21. The van der Waals surface area contributed by atoms with Crippen molar-refractivity contribution in [3.63, 3.8) is 0 Å². The van der Waals surface area contributed by atoms with Gasteiger partial charge in [0.2, 0.25) is 0 Å². The topological polar surface area (TPSA) is 25.1 Å². The molecule has 4 heterocycles. The first kappa shape index (κ1) is 74.3. The first-order chi connectivity index (χ1) is 60.9. The SMILES string of the molecule is Brc1ccc(-c2cccc(-c3ccc4c5c6ccccc6ccc5n(-c5ccccc5)c4c3)c2)cc1.c1ccc(-c2ccc(N(c3ccc(-c4cccc(-c5ccc6c7c8ccccc8ccc7n(-c7ccccc7)c6c5)c4)cc3)c3ccc4sc5ccccc5c4c3)cc2)cc1.c1ccc(-c2ccc(Nc3ccc4sc5ccccc5c4c3)cc2)cc1. The standard InChI is InChI=1S/C58H38N2S.C34H22BrN.C24H17NS/c1-3-12-39(13-4-1)40-22-28-47(29-23-40)59(49-32-35-57-53(38-49)51-20-9-10-21-56(51)61-57)48-30-24-41(25-31-48)43-15-11-16-44(36-43)45-26-33-52-55(37-45)60(46-17-5-2-6-18-46)54-34-27-42-14-7-8-19-50(42)58(52)54;35-28-17-13-23(14-18-28)25-8-6-9-26(21-25)27-15-19-31-33(22-27)36(29-10-2-1-3-11-29)32-20-16-24-7-4-5-12-30(24)34(31)32;1-2-6-17(7-3-1)18-10-12-19(13-11-18)25-20-14-15-24-22(16-20)21-8-4-5-9-23(21)26-24/h1-38H;1-22H;1-16,25H. The van der Waals surface area contributed by atoms with Crippen LogP contribution in [0.25, 0.3) is 184 Å². The third kappa shape index (κ3) is 14.3. The van der Waals surface area contributed by atoms with Gasteiger partial charge in [0.25, 0.3) is 0 Å². The molecule has 4 nitrogen and oxygen atoms in total. The molecule has 0 saturated heterocycles. The highest BCUT2D eigenvalue weighted by Crippen LogP contribution is 2.46. The fourth-order valence-corrected chi connectivity index (χ4v) is 20.4. The molecule has 0 radical (unpaired) electrons. The quantitative estimate of drug-likeness (QED) is 0.124. The van der Waals surface area contributed by atoms with Gasteiger partial charge in [0.05, 0.1) is 22.1 Å². The van der Waals surface area contributed by atoms with Gasteiger partial charge in [-0.2, -0.15) is 0 Å². The molecule has 0 amide bonds. The minimum atomic E-state index is 1.09. The molecule has 0 unspecified atom stereocenters. The highest BCUT2D eigenvalue weighted by atomic mass is 79.9. The molecule has 0 saturated carbocycles. The van der Waals surface area contributed by atoms with Gasteiger partial charge in [-0.1, -0.05) is 319 Å². The second kappa shape index (κ2) is 32.3. The van der Waals surface area contributed by atoms with E-state index in [1.54, 1.807) is 0 Å². The Morgan fingerprint density at radius 1 is 0.203 bits per heavy atom. The maximum Gasteiger partial charge on any atom is 0.0547 e. The number of thiophene rings is 2. The molecule has 7 heteroatoms. The van der Waals surface area contributed by atoms with Gasteiger partial charge >= 0.3 is 0 Å². The number of rotatable bonds is 13. The van der Waals surface area contributed by atoms with E-state index in [2.05, 4.69) is 490 Å². The summed E-state index contributed by atoms with van der Waals surface area (Å²) in [7, 11) is 0. The van der Waals surface area contributed by atoms with Crippen molar-refractivity contribution in [2.75, 3.05) is 10.2 Å². The molecule has 580 valence electrons. The van der Waals surface area contributed by atoms with Crippen molar-refractivity contribution in [1.29, 1.82) is 0 Å². The Labute approximate surface area is 729 Å². The number of hydrogen-bond donors (Lipinski definition) is 1. The maximum atomic E-state index is 3.55. The number of hydrogen-bond acceptors (Lipinski definition) is 4. The number of para-hydroxylation sites is 2. The summed E-state index contributed by atoms with van der Waals surface area (Å²) in [6.45, 7) is 0. The average Bonchev–Trinajstić information content (AvgIpc) is 1.58. The fraction of sp³-hybridized carbons (Fsp3) is 0. The lowest BCUT2D eigenvalue weighted by Crippen LogP contribution is -2.09. The Morgan fingerprint density at radius 3 is 1.02 bits per heavy atom. The van der Waals surface area contributed by atoms with E-state index in [0.717, 1.165) is 38.6 Å². The average molecular weight is 1670 g/mol. The van der Waals surface area contributed by atoms with Gasteiger partial charge in [0.15, 0.2) is 0 Å². The first-order valence-corrected chi connectivity index (χ1v) is 44.1. The van der Waals surface area contributed by atoms with Crippen LogP contribution in [0.4, 0.5) is 28.4 Å². The Kier molecular flexibility index (Phi) is 19.5. The largest absolute Gasteiger partial charge is 0.356 e. The van der Waals surface area contributed by atoms with Crippen LogP contribution < -0.4 is 10.2 Å². The molecule has 0 spiro atoms. The minimum absolute atomic E-state index is 1.09. The van der Waals surface area contributed by atoms with Crippen molar-refractivity contribution in [2.24, 2.45) is 0 Å². The van der Waals surface area contributed by atoms with E-state index in [-0.39, 0.29) is 0 Å². The second-order valence-electron chi connectivity index (χ2n) is 31.3. The Hall–Kier alpha value is -15.0. The van der Waals surface area contributed by atoms with Crippen molar-refractivity contribution in [2.45, 2.75) is 0 Å². The van der Waals surface area contributed by atoms with Gasteiger partial charge in [-0.25, -0.2) is 0 Å². The zero-order chi connectivity index (χ0) is 81.7. The van der Waals surface area contributed by atoms with Crippen LogP contribution in [-0.4, -0.2) is 9.13 Å². The van der Waals surface area contributed by atoms with Crippen LogP contribution in [0.3, 0.4) is 0 Å². The van der Waals surface area contributed by atoms with E-state index >= 15 is 0 Å². The van der Waals surface area contributed by atoms with Gasteiger partial charge in [-0.3, -0.25) is 0 Å². The number of anilines is 5. The van der Waals surface area contributed by atoms with Gasteiger partial charge in [-0.15, -0.1) is 22.7 Å². The summed E-state index contributed by atoms with van der Waals surface area (Å²) in [6.07, 6.45) is 0. The molecule has 0 aliphatic rings. The molecular weight excluding hydrogens is 1590 g/mol. The van der Waals surface area contributed by atoms with Crippen LogP contribution in [0, 0.1) is 0 Å².